The monoisotopic (exact) mass is 414 g/mol. The van der Waals surface area contributed by atoms with E-state index in [0.29, 0.717) is 24.0 Å². The molecule has 0 amide bonds. The van der Waals surface area contributed by atoms with Crippen LogP contribution in [0.2, 0.25) is 0 Å². The Morgan fingerprint density at radius 2 is 1.31 bits per heavy atom. The number of likely N-dealkylation sites (N-methyl/N-ethyl adjacent to an activating group) is 1. The fourth-order valence-electron chi connectivity index (χ4n) is 3.71. The van der Waals surface area contributed by atoms with E-state index in [0.717, 1.165) is 12.8 Å². The Kier molecular flexibility index (Phi) is 17.1. The van der Waals surface area contributed by atoms with Gasteiger partial charge in [0, 0.05) is 6.42 Å². The zero-order chi connectivity index (χ0) is 22.0. The van der Waals surface area contributed by atoms with Crippen molar-refractivity contribution in [3.05, 3.63) is 0 Å². The predicted molar refractivity (Wildman–Crippen MR) is 120 cm³/mol. The molecule has 0 aliphatic carbocycles. The standard InChI is InChI=1S/C24H47NO4/c1-5-7-8-9-10-11-12-13-14-15-16-17-18-22(29-24(28)6-2)21-25(3,4)20-19-23(26)27/h22H,5-21H2,1-4H3/p+1. The van der Waals surface area contributed by atoms with Crippen molar-refractivity contribution in [3.63, 3.8) is 0 Å². The second-order valence-electron chi connectivity index (χ2n) is 9.13. The summed E-state index contributed by atoms with van der Waals surface area (Å²) in [7, 11) is 4.02. The number of hydrogen-bond donors (Lipinski definition) is 1. The lowest BCUT2D eigenvalue weighted by Crippen LogP contribution is -2.47. The second-order valence-corrected chi connectivity index (χ2v) is 9.13. The summed E-state index contributed by atoms with van der Waals surface area (Å²) in [6, 6.07) is 0. The Balaban J connectivity index is 3.97. The molecular weight excluding hydrogens is 366 g/mol. The molecule has 0 saturated carbocycles. The van der Waals surface area contributed by atoms with Gasteiger partial charge < -0.3 is 14.3 Å². The van der Waals surface area contributed by atoms with E-state index in [1.807, 2.05) is 21.0 Å². The SMILES string of the molecule is CCCCCCCCCCCCCCC(C[N+](C)(C)CCC(=O)O)OC(=O)CC. The molecule has 29 heavy (non-hydrogen) atoms. The molecule has 5 heteroatoms. The van der Waals surface area contributed by atoms with Gasteiger partial charge in [0.1, 0.15) is 6.54 Å². The van der Waals surface area contributed by atoms with Crippen molar-refractivity contribution in [2.45, 2.75) is 116 Å². The van der Waals surface area contributed by atoms with Gasteiger partial charge in [-0.15, -0.1) is 0 Å². The number of nitrogens with zero attached hydrogens (tertiary/aromatic N) is 1. The lowest BCUT2D eigenvalue weighted by molar-refractivity contribution is -0.892. The van der Waals surface area contributed by atoms with Crippen LogP contribution in [0, 0.1) is 0 Å². The predicted octanol–water partition coefficient (Wildman–Crippen LogP) is 5.95. The number of unbranched alkanes of at least 4 members (excludes halogenated alkanes) is 11. The van der Waals surface area contributed by atoms with Crippen LogP contribution in [0.1, 0.15) is 110 Å². The van der Waals surface area contributed by atoms with E-state index in [-0.39, 0.29) is 18.5 Å². The zero-order valence-electron chi connectivity index (χ0n) is 19.7. The van der Waals surface area contributed by atoms with Crippen molar-refractivity contribution >= 4 is 11.9 Å². The van der Waals surface area contributed by atoms with E-state index in [2.05, 4.69) is 6.92 Å². The maximum atomic E-state index is 11.8. The first-order valence-electron chi connectivity index (χ1n) is 12.0. The van der Waals surface area contributed by atoms with E-state index in [4.69, 9.17) is 9.84 Å². The van der Waals surface area contributed by atoms with Gasteiger partial charge in [0.05, 0.1) is 27.1 Å². The number of carboxylic acids is 1. The largest absolute Gasteiger partial charge is 0.481 e. The highest BCUT2D eigenvalue weighted by Crippen LogP contribution is 2.16. The molecule has 0 saturated heterocycles. The summed E-state index contributed by atoms with van der Waals surface area (Å²) >= 11 is 0. The third-order valence-corrected chi connectivity index (χ3v) is 5.60. The molecule has 0 aromatic carbocycles. The molecule has 1 unspecified atom stereocenters. The molecule has 0 spiro atoms. The number of rotatable bonds is 20. The fourth-order valence-corrected chi connectivity index (χ4v) is 3.71. The molecule has 172 valence electrons. The molecule has 0 aromatic heterocycles. The molecule has 0 radical (unpaired) electrons. The topological polar surface area (TPSA) is 63.6 Å². The van der Waals surface area contributed by atoms with Crippen LogP contribution in [0.25, 0.3) is 0 Å². The molecular formula is C24H48NO4+. The maximum absolute atomic E-state index is 11.8. The molecule has 1 atom stereocenters. The Labute approximate surface area is 179 Å². The summed E-state index contributed by atoms with van der Waals surface area (Å²) in [6.45, 7) is 5.30. The molecule has 0 rings (SSSR count). The van der Waals surface area contributed by atoms with E-state index < -0.39 is 5.97 Å². The van der Waals surface area contributed by atoms with Crippen molar-refractivity contribution in [2.24, 2.45) is 0 Å². The molecule has 0 aliphatic rings. The molecule has 5 nitrogen and oxygen atoms in total. The maximum Gasteiger partial charge on any atom is 0.309 e. The van der Waals surface area contributed by atoms with Gasteiger partial charge in [-0.25, -0.2) is 0 Å². The van der Waals surface area contributed by atoms with E-state index >= 15 is 0 Å². The number of ether oxygens (including phenoxy) is 1. The number of aliphatic carboxylic acids is 1. The van der Waals surface area contributed by atoms with Crippen molar-refractivity contribution in [1.29, 1.82) is 0 Å². The molecule has 0 heterocycles. The van der Waals surface area contributed by atoms with Crippen LogP contribution in [0.4, 0.5) is 0 Å². The number of esters is 1. The average Bonchev–Trinajstić information content (AvgIpc) is 2.66. The number of carboxylic acid groups (broad SMARTS) is 1. The van der Waals surface area contributed by atoms with E-state index in [1.54, 1.807) is 0 Å². The highest BCUT2D eigenvalue weighted by Gasteiger charge is 2.25. The first-order chi connectivity index (χ1) is 13.8. The molecule has 1 N–H and O–H groups in total. The van der Waals surface area contributed by atoms with Crippen LogP contribution < -0.4 is 0 Å². The Bertz CT molecular complexity index is 423. The number of hydrogen-bond acceptors (Lipinski definition) is 3. The fraction of sp³-hybridized carbons (Fsp3) is 0.917. The van der Waals surface area contributed by atoms with Crippen LogP contribution in [0.3, 0.4) is 0 Å². The average molecular weight is 415 g/mol. The minimum absolute atomic E-state index is 0.116. The van der Waals surface area contributed by atoms with Crippen molar-refractivity contribution < 1.29 is 23.9 Å². The van der Waals surface area contributed by atoms with Gasteiger partial charge in [-0.1, -0.05) is 84.5 Å². The lowest BCUT2D eigenvalue weighted by atomic mass is 10.0. The smallest absolute Gasteiger partial charge is 0.309 e. The normalized spacial score (nSPS) is 12.7. The van der Waals surface area contributed by atoms with Crippen LogP contribution >= 0.6 is 0 Å². The third-order valence-electron chi connectivity index (χ3n) is 5.60. The minimum Gasteiger partial charge on any atom is -0.481 e. The molecule has 0 aliphatic heterocycles. The first kappa shape index (κ1) is 27.9. The Morgan fingerprint density at radius 3 is 1.76 bits per heavy atom. The molecule has 0 fully saturated rings. The minimum atomic E-state index is -0.778. The number of carbonyl (C=O) groups excluding carboxylic acids is 1. The van der Waals surface area contributed by atoms with Gasteiger partial charge in [0.2, 0.25) is 0 Å². The summed E-state index contributed by atoms with van der Waals surface area (Å²) < 4.78 is 6.20. The van der Waals surface area contributed by atoms with Crippen LogP contribution in [-0.4, -0.2) is 54.8 Å². The van der Waals surface area contributed by atoms with Gasteiger partial charge in [0.25, 0.3) is 0 Å². The summed E-state index contributed by atoms with van der Waals surface area (Å²) in [4.78, 5) is 22.6. The first-order valence-corrected chi connectivity index (χ1v) is 12.0. The van der Waals surface area contributed by atoms with Gasteiger partial charge in [-0.3, -0.25) is 9.59 Å². The second kappa shape index (κ2) is 17.7. The van der Waals surface area contributed by atoms with Crippen LogP contribution in [0.5, 0.6) is 0 Å². The van der Waals surface area contributed by atoms with Gasteiger partial charge in [0.15, 0.2) is 6.10 Å². The van der Waals surface area contributed by atoms with Crippen molar-refractivity contribution in [2.75, 3.05) is 27.2 Å². The summed E-state index contributed by atoms with van der Waals surface area (Å²) in [5, 5.41) is 8.93. The quantitative estimate of drug-likeness (QED) is 0.152. The van der Waals surface area contributed by atoms with E-state index in [9.17, 15) is 9.59 Å². The van der Waals surface area contributed by atoms with Crippen LogP contribution in [-0.2, 0) is 14.3 Å². The highest BCUT2D eigenvalue weighted by atomic mass is 16.5. The van der Waals surface area contributed by atoms with Gasteiger partial charge in [-0.05, 0) is 12.8 Å². The van der Waals surface area contributed by atoms with E-state index in [1.165, 1.54) is 70.6 Å². The Hall–Kier alpha value is -1.10. The number of carbonyl (C=O) groups is 2. The van der Waals surface area contributed by atoms with Crippen LogP contribution in [0.15, 0.2) is 0 Å². The third kappa shape index (κ3) is 18.7. The molecule has 0 bridgehead atoms. The lowest BCUT2D eigenvalue weighted by Gasteiger charge is -2.33. The van der Waals surface area contributed by atoms with Gasteiger partial charge >= 0.3 is 11.9 Å². The molecule has 0 aromatic rings. The number of quaternary nitrogens is 1. The summed E-state index contributed by atoms with van der Waals surface area (Å²) in [5.41, 5.74) is 0. The van der Waals surface area contributed by atoms with Crippen molar-refractivity contribution in [3.8, 4) is 0 Å². The summed E-state index contributed by atoms with van der Waals surface area (Å²) in [6.07, 6.45) is 17.0. The Morgan fingerprint density at radius 1 is 0.828 bits per heavy atom. The highest BCUT2D eigenvalue weighted by molar-refractivity contribution is 5.69. The van der Waals surface area contributed by atoms with Crippen molar-refractivity contribution in [1.82, 2.24) is 0 Å². The van der Waals surface area contributed by atoms with Gasteiger partial charge in [-0.2, -0.15) is 0 Å². The summed E-state index contributed by atoms with van der Waals surface area (Å²) in [5.74, 6) is -0.938. The zero-order valence-corrected chi connectivity index (χ0v) is 19.7.